The van der Waals surface area contributed by atoms with Crippen molar-refractivity contribution in [3.8, 4) is 0 Å². The molecule has 0 aliphatic heterocycles. The second kappa shape index (κ2) is 4.44. The van der Waals surface area contributed by atoms with Gasteiger partial charge >= 0.3 is 5.69 Å². The number of nitrogens with zero attached hydrogens (tertiary/aromatic N) is 2. The van der Waals surface area contributed by atoms with Crippen LogP contribution in [-0.4, -0.2) is 19.5 Å². The standard InChI is InChI=1S/C12H18N4O2/c1-5-7(4)16-10-8(11(17)15-12(16)18)13-9(14-10)6(2)3/h6-7H,5H2,1-4H3,(H,13,14)(H,15,17,18). The molecule has 0 radical (unpaired) electrons. The molecule has 0 fully saturated rings. The van der Waals surface area contributed by atoms with Crippen molar-refractivity contribution in [2.45, 2.75) is 46.1 Å². The zero-order valence-electron chi connectivity index (χ0n) is 11.1. The van der Waals surface area contributed by atoms with E-state index in [1.807, 2.05) is 27.7 Å². The predicted molar refractivity (Wildman–Crippen MR) is 70.1 cm³/mol. The van der Waals surface area contributed by atoms with Gasteiger partial charge in [-0.15, -0.1) is 0 Å². The molecular formula is C12H18N4O2. The molecule has 0 bridgehead atoms. The second-order valence-electron chi connectivity index (χ2n) is 4.86. The SMILES string of the molecule is CCC(C)n1c(=O)[nH]c(=O)c2[nH]c(C(C)C)nc21. The average Bonchev–Trinajstić information content (AvgIpc) is 2.73. The van der Waals surface area contributed by atoms with E-state index in [2.05, 4.69) is 15.0 Å². The number of aromatic amines is 2. The van der Waals surface area contributed by atoms with Gasteiger partial charge in [0, 0.05) is 12.0 Å². The van der Waals surface area contributed by atoms with Gasteiger partial charge in [-0.05, 0) is 13.3 Å². The third kappa shape index (κ3) is 1.87. The molecule has 2 aromatic rings. The fourth-order valence-corrected chi connectivity index (χ4v) is 1.90. The zero-order valence-corrected chi connectivity index (χ0v) is 11.1. The van der Waals surface area contributed by atoms with Gasteiger partial charge in [0.1, 0.15) is 11.3 Å². The van der Waals surface area contributed by atoms with Gasteiger partial charge in [0.2, 0.25) is 0 Å². The minimum Gasteiger partial charge on any atom is -0.336 e. The molecule has 2 rings (SSSR count). The monoisotopic (exact) mass is 250 g/mol. The number of aromatic nitrogens is 4. The van der Waals surface area contributed by atoms with Crippen molar-refractivity contribution < 1.29 is 0 Å². The lowest BCUT2D eigenvalue weighted by Crippen LogP contribution is -2.32. The van der Waals surface area contributed by atoms with Crippen LogP contribution in [0.4, 0.5) is 0 Å². The number of imidazole rings is 1. The minimum absolute atomic E-state index is 0.000150. The Balaban J connectivity index is 2.85. The molecule has 0 saturated carbocycles. The summed E-state index contributed by atoms with van der Waals surface area (Å²) < 4.78 is 1.54. The van der Waals surface area contributed by atoms with Crippen LogP contribution in [0.15, 0.2) is 9.59 Å². The fraction of sp³-hybridized carbons (Fsp3) is 0.583. The lowest BCUT2D eigenvalue weighted by atomic mass is 10.2. The van der Waals surface area contributed by atoms with E-state index in [0.29, 0.717) is 11.2 Å². The topological polar surface area (TPSA) is 83.5 Å². The average molecular weight is 250 g/mol. The van der Waals surface area contributed by atoms with E-state index in [1.54, 1.807) is 4.57 Å². The summed E-state index contributed by atoms with van der Waals surface area (Å²) in [6.07, 6.45) is 0.797. The number of rotatable bonds is 3. The largest absolute Gasteiger partial charge is 0.336 e. The Kier molecular flexibility index (Phi) is 3.11. The molecule has 0 aromatic carbocycles. The quantitative estimate of drug-likeness (QED) is 0.866. The van der Waals surface area contributed by atoms with E-state index in [0.717, 1.165) is 12.2 Å². The minimum atomic E-state index is -0.408. The maximum absolute atomic E-state index is 11.9. The molecule has 6 nitrogen and oxygen atoms in total. The molecule has 98 valence electrons. The van der Waals surface area contributed by atoms with Crippen LogP contribution in [-0.2, 0) is 0 Å². The van der Waals surface area contributed by atoms with E-state index in [1.165, 1.54) is 0 Å². The lowest BCUT2D eigenvalue weighted by Gasteiger charge is -2.12. The van der Waals surface area contributed by atoms with E-state index in [9.17, 15) is 9.59 Å². The van der Waals surface area contributed by atoms with Crippen LogP contribution in [0.1, 0.15) is 51.9 Å². The first-order valence-electron chi connectivity index (χ1n) is 6.20. The van der Waals surface area contributed by atoms with Crippen LogP contribution < -0.4 is 11.2 Å². The van der Waals surface area contributed by atoms with Crippen LogP contribution in [0.5, 0.6) is 0 Å². The molecule has 2 heterocycles. The molecule has 2 aromatic heterocycles. The maximum Gasteiger partial charge on any atom is 0.330 e. The van der Waals surface area contributed by atoms with Crippen LogP contribution in [0.3, 0.4) is 0 Å². The number of H-pyrrole nitrogens is 2. The van der Waals surface area contributed by atoms with Crippen molar-refractivity contribution in [3.63, 3.8) is 0 Å². The third-order valence-corrected chi connectivity index (χ3v) is 3.18. The van der Waals surface area contributed by atoms with Crippen LogP contribution >= 0.6 is 0 Å². The van der Waals surface area contributed by atoms with Gasteiger partial charge in [0.25, 0.3) is 5.56 Å². The van der Waals surface area contributed by atoms with Crippen LogP contribution in [0.25, 0.3) is 11.2 Å². The summed E-state index contributed by atoms with van der Waals surface area (Å²) in [5.74, 6) is 0.899. The molecule has 2 N–H and O–H groups in total. The zero-order chi connectivity index (χ0) is 13.4. The Labute approximate surface area is 104 Å². The smallest absolute Gasteiger partial charge is 0.330 e. The normalized spacial score (nSPS) is 13.4. The van der Waals surface area contributed by atoms with Crippen molar-refractivity contribution in [1.82, 2.24) is 19.5 Å². The number of fused-ring (bicyclic) bond motifs is 1. The first-order chi connectivity index (χ1) is 8.45. The van der Waals surface area contributed by atoms with Crippen molar-refractivity contribution in [1.29, 1.82) is 0 Å². The summed E-state index contributed by atoms with van der Waals surface area (Å²) in [5.41, 5.74) is 0.0120. The lowest BCUT2D eigenvalue weighted by molar-refractivity contribution is 0.517. The van der Waals surface area contributed by atoms with Gasteiger partial charge in [-0.1, -0.05) is 20.8 Å². The summed E-state index contributed by atoms with van der Waals surface area (Å²) in [6.45, 7) is 7.89. The molecule has 0 aliphatic carbocycles. The molecular weight excluding hydrogens is 232 g/mol. The molecule has 0 amide bonds. The summed E-state index contributed by atoms with van der Waals surface area (Å²) >= 11 is 0. The van der Waals surface area contributed by atoms with E-state index in [4.69, 9.17) is 0 Å². The molecule has 1 atom stereocenters. The second-order valence-corrected chi connectivity index (χ2v) is 4.86. The summed E-state index contributed by atoms with van der Waals surface area (Å²) in [7, 11) is 0. The summed E-state index contributed by atoms with van der Waals surface area (Å²) in [6, 6.07) is 0.000150. The first kappa shape index (κ1) is 12.6. The molecule has 0 saturated heterocycles. The van der Waals surface area contributed by atoms with Gasteiger partial charge < -0.3 is 4.98 Å². The van der Waals surface area contributed by atoms with E-state index < -0.39 is 11.2 Å². The number of hydrogen-bond donors (Lipinski definition) is 2. The third-order valence-electron chi connectivity index (χ3n) is 3.18. The Morgan fingerprint density at radius 1 is 1.22 bits per heavy atom. The van der Waals surface area contributed by atoms with Crippen molar-refractivity contribution in [2.75, 3.05) is 0 Å². The maximum atomic E-state index is 11.9. The van der Waals surface area contributed by atoms with Crippen molar-refractivity contribution in [2.24, 2.45) is 0 Å². The number of hydrogen-bond acceptors (Lipinski definition) is 3. The van der Waals surface area contributed by atoms with E-state index >= 15 is 0 Å². The summed E-state index contributed by atoms with van der Waals surface area (Å²) in [4.78, 5) is 33.4. The van der Waals surface area contributed by atoms with Gasteiger partial charge in [0.15, 0.2) is 5.65 Å². The highest BCUT2D eigenvalue weighted by Gasteiger charge is 2.16. The Bertz CT molecular complexity index is 677. The van der Waals surface area contributed by atoms with Gasteiger partial charge in [-0.2, -0.15) is 0 Å². The molecule has 0 aliphatic rings. The summed E-state index contributed by atoms with van der Waals surface area (Å²) in [5, 5.41) is 0. The Hall–Kier alpha value is -1.85. The van der Waals surface area contributed by atoms with E-state index in [-0.39, 0.29) is 12.0 Å². The first-order valence-corrected chi connectivity index (χ1v) is 6.20. The highest BCUT2D eigenvalue weighted by atomic mass is 16.2. The van der Waals surface area contributed by atoms with Crippen LogP contribution in [0, 0.1) is 0 Å². The fourth-order valence-electron chi connectivity index (χ4n) is 1.90. The Morgan fingerprint density at radius 3 is 2.44 bits per heavy atom. The van der Waals surface area contributed by atoms with Gasteiger partial charge in [-0.25, -0.2) is 9.78 Å². The van der Waals surface area contributed by atoms with Gasteiger partial charge in [-0.3, -0.25) is 14.3 Å². The van der Waals surface area contributed by atoms with Crippen molar-refractivity contribution in [3.05, 3.63) is 26.7 Å². The van der Waals surface area contributed by atoms with Crippen molar-refractivity contribution >= 4 is 11.2 Å². The molecule has 0 spiro atoms. The molecule has 18 heavy (non-hydrogen) atoms. The highest BCUT2D eigenvalue weighted by Crippen LogP contribution is 2.16. The Morgan fingerprint density at radius 2 is 1.89 bits per heavy atom. The molecule has 6 heteroatoms. The molecule has 1 unspecified atom stereocenters. The predicted octanol–water partition coefficient (Wildman–Crippen LogP) is 1.51. The highest BCUT2D eigenvalue weighted by molar-refractivity contribution is 5.69. The van der Waals surface area contributed by atoms with Crippen LogP contribution in [0.2, 0.25) is 0 Å². The van der Waals surface area contributed by atoms with Gasteiger partial charge in [0.05, 0.1) is 0 Å². The number of nitrogens with one attached hydrogen (secondary N) is 2.